The average molecular weight is 283 g/mol. The third-order valence-corrected chi connectivity index (χ3v) is 2.97. The summed E-state index contributed by atoms with van der Waals surface area (Å²) in [7, 11) is 0. The molecule has 0 aliphatic rings. The lowest BCUT2D eigenvalue weighted by Crippen LogP contribution is -2.02. The summed E-state index contributed by atoms with van der Waals surface area (Å²) in [6, 6.07) is 8.30. The fraction of sp³-hybridized carbons (Fsp3) is 0.133. The maximum Gasteiger partial charge on any atom is 0.223 e. The van der Waals surface area contributed by atoms with Crippen molar-refractivity contribution in [3.63, 3.8) is 0 Å². The van der Waals surface area contributed by atoms with E-state index >= 15 is 0 Å². The first-order valence-corrected chi connectivity index (χ1v) is 6.65. The van der Waals surface area contributed by atoms with Gasteiger partial charge in [0, 0.05) is 24.5 Å². The van der Waals surface area contributed by atoms with Crippen molar-refractivity contribution in [1.29, 1.82) is 0 Å². The SMILES string of the molecule is CCNc1nccc(-c2cnn(-c3ccccc3F)c2)n1. The van der Waals surface area contributed by atoms with Crippen molar-refractivity contribution in [2.45, 2.75) is 6.92 Å². The lowest BCUT2D eigenvalue weighted by atomic mass is 10.2. The Morgan fingerprint density at radius 1 is 1.24 bits per heavy atom. The molecule has 0 spiro atoms. The summed E-state index contributed by atoms with van der Waals surface area (Å²) >= 11 is 0. The minimum atomic E-state index is -0.317. The Labute approximate surface area is 121 Å². The zero-order valence-electron chi connectivity index (χ0n) is 11.5. The van der Waals surface area contributed by atoms with Crippen LogP contribution in [0.1, 0.15) is 6.92 Å². The highest BCUT2D eigenvalue weighted by molar-refractivity contribution is 5.58. The molecular formula is C15H14FN5. The van der Waals surface area contributed by atoms with Crippen LogP contribution in [0.15, 0.2) is 48.9 Å². The van der Waals surface area contributed by atoms with Gasteiger partial charge in [0.05, 0.1) is 11.9 Å². The molecule has 0 unspecified atom stereocenters. The van der Waals surface area contributed by atoms with E-state index in [1.807, 2.05) is 6.92 Å². The minimum Gasteiger partial charge on any atom is -0.354 e. The maximum absolute atomic E-state index is 13.8. The molecule has 0 aliphatic carbocycles. The highest BCUT2D eigenvalue weighted by Gasteiger charge is 2.08. The third-order valence-electron chi connectivity index (χ3n) is 2.97. The average Bonchev–Trinajstić information content (AvgIpc) is 2.98. The van der Waals surface area contributed by atoms with E-state index < -0.39 is 0 Å². The largest absolute Gasteiger partial charge is 0.354 e. The molecule has 1 aromatic carbocycles. The summed E-state index contributed by atoms with van der Waals surface area (Å²) in [5.41, 5.74) is 1.95. The number of aromatic nitrogens is 4. The van der Waals surface area contributed by atoms with Gasteiger partial charge in [-0.3, -0.25) is 0 Å². The van der Waals surface area contributed by atoms with Crippen LogP contribution < -0.4 is 5.32 Å². The molecule has 2 heterocycles. The van der Waals surface area contributed by atoms with Gasteiger partial charge in [0.2, 0.25) is 5.95 Å². The molecule has 2 aromatic heterocycles. The number of nitrogens with zero attached hydrogens (tertiary/aromatic N) is 4. The van der Waals surface area contributed by atoms with E-state index in [2.05, 4.69) is 20.4 Å². The number of rotatable bonds is 4. The fourth-order valence-electron chi connectivity index (χ4n) is 1.99. The van der Waals surface area contributed by atoms with Gasteiger partial charge < -0.3 is 5.32 Å². The Morgan fingerprint density at radius 3 is 2.90 bits per heavy atom. The molecule has 0 saturated carbocycles. The van der Waals surface area contributed by atoms with Crippen LogP contribution >= 0.6 is 0 Å². The summed E-state index contributed by atoms with van der Waals surface area (Å²) < 4.78 is 15.3. The van der Waals surface area contributed by atoms with Crippen LogP contribution in [0.3, 0.4) is 0 Å². The van der Waals surface area contributed by atoms with Gasteiger partial charge in [-0.25, -0.2) is 19.0 Å². The Bertz CT molecular complexity index is 753. The van der Waals surface area contributed by atoms with E-state index in [9.17, 15) is 4.39 Å². The summed E-state index contributed by atoms with van der Waals surface area (Å²) in [5, 5.41) is 7.25. The first kappa shape index (κ1) is 13.2. The van der Waals surface area contributed by atoms with E-state index in [4.69, 9.17) is 0 Å². The maximum atomic E-state index is 13.8. The molecule has 5 nitrogen and oxygen atoms in total. The van der Waals surface area contributed by atoms with Gasteiger partial charge in [0.1, 0.15) is 11.5 Å². The number of hydrogen-bond donors (Lipinski definition) is 1. The van der Waals surface area contributed by atoms with Crippen molar-refractivity contribution >= 4 is 5.95 Å². The number of hydrogen-bond acceptors (Lipinski definition) is 4. The number of nitrogens with one attached hydrogen (secondary N) is 1. The van der Waals surface area contributed by atoms with Crippen LogP contribution in [-0.2, 0) is 0 Å². The van der Waals surface area contributed by atoms with Gasteiger partial charge in [0.15, 0.2) is 0 Å². The molecule has 0 fully saturated rings. The van der Waals surface area contributed by atoms with Gasteiger partial charge in [-0.2, -0.15) is 5.10 Å². The summed E-state index contributed by atoms with van der Waals surface area (Å²) in [4.78, 5) is 8.52. The third kappa shape index (κ3) is 2.74. The molecule has 0 atom stereocenters. The summed E-state index contributed by atoms with van der Waals surface area (Å²) in [5.74, 6) is 0.247. The summed E-state index contributed by atoms with van der Waals surface area (Å²) in [6.07, 6.45) is 5.09. The van der Waals surface area contributed by atoms with Gasteiger partial charge >= 0.3 is 0 Å². The molecule has 0 saturated heterocycles. The smallest absolute Gasteiger partial charge is 0.223 e. The van der Waals surface area contributed by atoms with Gasteiger partial charge in [-0.15, -0.1) is 0 Å². The lowest BCUT2D eigenvalue weighted by Gasteiger charge is -2.03. The zero-order valence-corrected chi connectivity index (χ0v) is 11.5. The second-order valence-electron chi connectivity index (χ2n) is 4.42. The number of benzene rings is 1. The monoisotopic (exact) mass is 283 g/mol. The van der Waals surface area contributed by atoms with Crippen LogP contribution in [0, 0.1) is 5.82 Å². The molecule has 21 heavy (non-hydrogen) atoms. The van der Waals surface area contributed by atoms with Crippen molar-refractivity contribution in [2.24, 2.45) is 0 Å². The Hall–Kier alpha value is -2.76. The van der Waals surface area contributed by atoms with Crippen molar-refractivity contribution in [3.8, 4) is 16.9 Å². The van der Waals surface area contributed by atoms with Gasteiger partial charge in [-0.1, -0.05) is 12.1 Å². The predicted molar refractivity (Wildman–Crippen MR) is 78.7 cm³/mol. The molecular weight excluding hydrogens is 269 g/mol. The highest BCUT2D eigenvalue weighted by Crippen LogP contribution is 2.19. The Kier molecular flexibility index (Phi) is 3.59. The van der Waals surface area contributed by atoms with Crippen LogP contribution in [-0.4, -0.2) is 26.3 Å². The number of anilines is 1. The predicted octanol–water partition coefficient (Wildman–Crippen LogP) is 2.90. The highest BCUT2D eigenvalue weighted by atomic mass is 19.1. The molecule has 0 aliphatic heterocycles. The molecule has 1 N–H and O–H groups in total. The standard InChI is InChI=1S/C15H14FN5/c1-2-17-15-18-8-7-13(20-15)11-9-19-21(10-11)14-6-4-3-5-12(14)16/h3-10H,2H2,1H3,(H,17,18,20). The Morgan fingerprint density at radius 2 is 2.10 bits per heavy atom. The second kappa shape index (κ2) is 5.70. The second-order valence-corrected chi connectivity index (χ2v) is 4.42. The fourth-order valence-corrected chi connectivity index (χ4v) is 1.99. The lowest BCUT2D eigenvalue weighted by molar-refractivity contribution is 0.611. The molecule has 3 aromatic rings. The van der Waals surface area contributed by atoms with Crippen molar-refractivity contribution in [3.05, 3.63) is 54.7 Å². The van der Waals surface area contributed by atoms with E-state index in [0.29, 0.717) is 11.6 Å². The van der Waals surface area contributed by atoms with Crippen LogP contribution in [0.25, 0.3) is 16.9 Å². The quantitative estimate of drug-likeness (QED) is 0.800. The first-order chi connectivity index (χ1) is 10.3. The molecule has 106 valence electrons. The molecule has 0 amide bonds. The van der Waals surface area contributed by atoms with Crippen LogP contribution in [0.5, 0.6) is 0 Å². The van der Waals surface area contributed by atoms with Gasteiger partial charge in [0.25, 0.3) is 0 Å². The van der Waals surface area contributed by atoms with Crippen LogP contribution in [0.2, 0.25) is 0 Å². The van der Waals surface area contributed by atoms with Crippen molar-refractivity contribution in [2.75, 3.05) is 11.9 Å². The van der Waals surface area contributed by atoms with E-state index in [1.54, 1.807) is 42.9 Å². The molecule has 0 bridgehead atoms. The van der Waals surface area contributed by atoms with Crippen LogP contribution in [0.4, 0.5) is 10.3 Å². The molecule has 6 heteroatoms. The van der Waals surface area contributed by atoms with Crippen molar-refractivity contribution in [1.82, 2.24) is 19.7 Å². The minimum absolute atomic E-state index is 0.317. The van der Waals surface area contributed by atoms with E-state index in [-0.39, 0.29) is 5.82 Å². The first-order valence-electron chi connectivity index (χ1n) is 6.65. The van der Waals surface area contributed by atoms with E-state index in [0.717, 1.165) is 17.8 Å². The summed E-state index contributed by atoms with van der Waals surface area (Å²) in [6.45, 7) is 2.73. The zero-order chi connectivity index (χ0) is 14.7. The van der Waals surface area contributed by atoms with E-state index in [1.165, 1.54) is 10.7 Å². The molecule has 0 radical (unpaired) electrons. The van der Waals surface area contributed by atoms with Crippen molar-refractivity contribution < 1.29 is 4.39 Å². The number of halogens is 1. The topological polar surface area (TPSA) is 55.6 Å². The normalized spacial score (nSPS) is 10.6. The Balaban J connectivity index is 1.95. The molecule has 3 rings (SSSR count). The number of para-hydroxylation sites is 1. The van der Waals surface area contributed by atoms with Gasteiger partial charge in [-0.05, 0) is 25.1 Å².